The molecule has 0 bridgehead atoms. The molecule has 1 heterocycles. The molecule has 1 N–H and O–H groups in total. The van der Waals surface area contributed by atoms with E-state index in [1.807, 2.05) is 24.3 Å². The van der Waals surface area contributed by atoms with Gasteiger partial charge in [0.1, 0.15) is 4.90 Å². The van der Waals surface area contributed by atoms with Crippen molar-refractivity contribution in [2.24, 2.45) is 0 Å². The predicted molar refractivity (Wildman–Crippen MR) is 110 cm³/mol. The molecule has 0 aliphatic carbocycles. The first-order valence-corrected chi connectivity index (χ1v) is 11.6. The third-order valence-electron chi connectivity index (χ3n) is 4.20. The topological polar surface area (TPSA) is 83.6 Å². The van der Waals surface area contributed by atoms with Gasteiger partial charge in [0.25, 0.3) is 15.9 Å². The minimum absolute atomic E-state index is 0.000919. The number of thioether (sulfide) groups is 1. The standard InChI is InChI=1S/C19H19ClN2O4S2/c20-15-7-5-14(6-8-15)13-27-12-10-21-18(23)9-11-22-19(24)16-3-1-2-4-17(16)28(22,25)26/h1-8H,9-13H2,(H,21,23). The summed E-state index contributed by atoms with van der Waals surface area (Å²) in [5, 5.41) is 3.45. The first kappa shape index (κ1) is 20.7. The van der Waals surface area contributed by atoms with Crippen molar-refractivity contribution in [3.63, 3.8) is 0 Å². The predicted octanol–water partition coefficient (Wildman–Crippen LogP) is 2.92. The van der Waals surface area contributed by atoms with Crippen molar-refractivity contribution in [1.29, 1.82) is 0 Å². The molecule has 0 unspecified atom stereocenters. The number of halogens is 1. The largest absolute Gasteiger partial charge is 0.355 e. The fourth-order valence-electron chi connectivity index (χ4n) is 2.78. The van der Waals surface area contributed by atoms with Gasteiger partial charge in [-0.1, -0.05) is 35.9 Å². The molecule has 0 fully saturated rings. The number of nitrogens with zero attached hydrogens (tertiary/aromatic N) is 1. The summed E-state index contributed by atoms with van der Waals surface area (Å²) in [6.07, 6.45) is -0.0686. The van der Waals surface area contributed by atoms with Gasteiger partial charge in [-0.15, -0.1) is 0 Å². The molecule has 2 aromatic rings. The summed E-state index contributed by atoms with van der Waals surface area (Å²) in [6, 6.07) is 13.7. The van der Waals surface area contributed by atoms with Crippen molar-refractivity contribution in [3.8, 4) is 0 Å². The van der Waals surface area contributed by atoms with Crippen molar-refractivity contribution in [2.45, 2.75) is 17.1 Å². The number of fused-ring (bicyclic) bond motifs is 1. The summed E-state index contributed by atoms with van der Waals surface area (Å²) in [7, 11) is -3.86. The molecule has 0 saturated heterocycles. The zero-order chi connectivity index (χ0) is 20.1. The van der Waals surface area contributed by atoms with Gasteiger partial charge >= 0.3 is 0 Å². The summed E-state index contributed by atoms with van der Waals surface area (Å²) in [6.45, 7) is 0.303. The van der Waals surface area contributed by atoms with E-state index in [4.69, 9.17) is 11.6 Å². The molecule has 6 nitrogen and oxygen atoms in total. The Hall–Kier alpha value is -2.03. The van der Waals surface area contributed by atoms with E-state index in [-0.39, 0.29) is 29.3 Å². The number of hydrogen-bond donors (Lipinski definition) is 1. The Kier molecular flexibility index (Phi) is 6.64. The van der Waals surface area contributed by atoms with E-state index in [2.05, 4.69) is 5.32 Å². The number of sulfonamides is 1. The lowest BCUT2D eigenvalue weighted by molar-refractivity contribution is -0.120. The van der Waals surface area contributed by atoms with Gasteiger partial charge in [-0.3, -0.25) is 9.59 Å². The van der Waals surface area contributed by atoms with Crippen molar-refractivity contribution in [2.75, 3.05) is 18.8 Å². The van der Waals surface area contributed by atoms with Gasteiger partial charge in [-0.2, -0.15) is 11.8 Å². The minimum atomic E-state index is -3.86. The number of rotatable bonds is 8. The quantitative estimate of drug-likeness (QED) is 0.640. The average Bonchev–Trinajstić information content (AvgIpc) is 2.87. The van der Waals surface area contributed by atoms with Gasteiger partial charge in [-0.25, -0.2) is 12.7 Å². The van der Waals surface area contributed by atoms with Gasteiger partial charge in [0.05, 0.1) is 5.56 Å². The lowest BCUT2D eigenvalue weighted by Crippen LogP contribution is -2.35. The lowest BCUT2D eigenvalue weighted by atomic mass is 10.2. The first-order chi connectivity index (χ1) is 13.4. The highest BCUT2D eigenvalue weighted by atomic mass is 35.5. The molecular formula is C19H19ClN2O4S2. The normalized spacial score (nSPS) is 14.8. The van der Waals surface area contributed by atoms with Crippen LogP contribution in [0.25, 0.3) is 0 Å². The van der Waals surface area contributed by atoms with E-state index in [0.29, 0.717) is 11.6 Å². The molecule has 9 heteroatoms. The molecule has 148 valence electrons. The molecule has 3 rings (SSSR count). The Balaban J connectivity index is 1.40. The van der Waals surface area contributed by atoms with E-state index in [1.165, 1.54) is 12.1 Å². The van der Waals surface area contributed by atoms with E-state index >= 15 is 0 Å². The summed E-state index contributed by atoms with van der Waals surface area (Å²) in [4.78, 5) is 24.3. The maximum atomic E-state index is 12.4. The Labute approximate surface area is 173 Å². The number of carbonyl (C=O) groups is 2. The Morgan fingerprint density at radius 1 is 1.11 bits per heavy atom. The van der Waals surface area contributed by atoms with Crippen LogP contribution < -0.4 is 5.32 Å². The van der Waals surface area contributed by atoms with Crippen molar-refractivity contribution < 1.29 is 18.0 Å². The molecule has 2 aromatic carbocycles. The molecule has 1 aliphatic rings. The highest BCUT2D eigenvalue weighted by molar-refractivity contribution is 7.98. The zero-order valence-electron chi connectivity index (χ0n) is 14.9. The van der Waals surface area contributed by atoms with E-state index in [9.17, 15) is 18.0 Å². The monoisotopic (exact) mass is 438 g/mol. The fourth-order valence-corrected chi connectivity index (χ4v) is 5.29. The highest BCUT2D eigenvalue weighted by Gasteiger charge is 2.40. The molecule has 0 atom stereocenters. The SMILES string of the molecule is O=C(CCN1C(=O)c2ccccc2S1(=O)=O)NCCSCc1ccc(Cl)cc1. The van der Waals surface area contributed by atoms with Gasteiger partial charge in [0.15, 0.2) is 0 Å². The molecule has 0 saturated carbocycles. The van der Waals surface area contributed by atoms with Crippen molar-refractivity contribution >= 4 is 45.2 Å². The smallest absolute Gasteiger partial charge is 0.269 e. The molecule has 28 heavy (non-hydrogen) atoms. The van der Waals surface area contributed by atoms with Gasteiger partial charge < -0.3 is 5.32 Å². The molecule has 2 amide bonds. The number of carbonyl (C=O) groups excluding carboxylic acids is 2. The molecule has 0 aromatic heterocycles. The summed E-state index contributed by atoms with van der Waals surface area (Å²) in [5.41, 5.74) is 1.31. The Bertz CT molecular complexity index is 978. The second-order valence-electron chi connectivity index (χ2n) is 6.16. The molecule has 1 aliphatic heterocycles. The third-order valence-corrected chi connectivity index (χ3v) is 7.33. The molecular weight excluding hydrogens is 420 g/mol. The second kappa shape index (κ2) is 8.98. The van der Waals surface area contributed by atoms with Crippen LogP contribution in [0.2, 0.25) is 5.02 Å². The van der Waals surface area contributed by atoms with Crippen LogP contribution in [-0.2, 0) is 20.6 Å². The maximum absolute atomic E-state index is 12.4. The number of amides is 2. The van der Waals surface area contributed by atoms with E-state index in [1.54, 1.807) is 23.9 Å². The van der Waals surface area contributed by atoms with E-state index < -0.39 is 15.9 Å². The molecule has 0 spiro atoms. The van der Waals surface area contributed by atoms with Crippen LogP contribution in [0.4, 0.5) is 0 Å². The van der Waals surface area contributed by atoms with Crippen LogP contribution in [0.1, 0.15) is 22.3 Å². The van der Waals surface area contributed by atoms with Crippen LogP contribution >= 0.6 is 23.4 Å². The Morgan fingerprint density at radius 3 is 2.54 bits per heavy atom. The number of benzene rings is 2. The average molecular weight is 439 g/mol. The number of nitrogens with one attached hydrogen (secondary N) is 1. The Morgan fingerprint density at radius 2 is 1.82 bits per heavy atom. The van der Waals surface area contributed by atoms with Crippen molar-refractivity contribution in [1.82, 2.24) is 9.62 Å². The van der Waals surface area contributed by atoms with E-state index in [0.717, 1.165) is 21.4 Å². The van der Waals surface area contributed by atoms with Gasteiger partial charge in [0, 0.05) is 36.0 Å². The lowest BCUT2D eigenvalue weighted by Gasteiger charge is -2.14. The number of hydrogen-bond acceptors (Lipinski definition) is 5. The third kappa shape index (κ3) is 4.68. The summed E-state index contributed by atoms with van der Waals surface area (Å²) >= 11 is 7.51. The van der Waals surface area contributed by atoms with Crippen LogP contribution in [0.5, 0.6) is 0 Å². The molecule has 0 radical (unpaired) electrons. The maximum Gasteiger partial charge on any atom is 0.269 e. The first-order valence-electron chi connectivity index (χ1n) is 8.64. The van der Waals surface area contributed by atoms with Gasteiger partial charge in [-0.05, 0) is 29.8 Å². The second-order valence-corrected chi connectivity index (χ2v) is 9.53. The fraction of sp³-hybridized carbons (Fsp3) is 0.263. The highest BCUT2D eigenvalue weighted by Crippen LogP contribution is 2.29. The minimum Gasteiger partial charge on any atom is -0.355 e. The van der Waals surface area contributed by atoms with Crippen LogP contribution in [-0.4, -0.2) is 43.4 Å². The zero-order valence-corrected chi connectivity index (χ0v) is 17.3. The van der Waals surface area contributed by atoms with Gasteiger partial charge in [0.2, 0.25) is 5.91 Å². The summed E-state index contributed by atoms with van der Waals surface area (Å²) < 4.78 is 25.6. The van der Waals surface area contributed by atoms with Crippen molar-refractivity contribution in [3.05, 3.63) is 64.7 Å². The van der Waals surface area contributed by atoms with Crippen LogP contribution in [0.3, 0.4) is 0 Å². The van der Waals surface area contributed by atoms with Crippen LogP contribution in [0, 0.1) is 0 Å². The van der Waals surface area contributed by atoms with Crippen LogP contribution in [0.15, 0.2) is 53.4 Å². The summed E-state index contributed by atoms with van der Waals surface area (Å²) in [5.74, 6) is 0.667.